The van der Waals surface area contributed by atoms with Gasteiger partial charge in [-0.3, -0.25) is 14.6 Å². The van der Waals surface area contributed by atoms with Gasteiger partial charge in [-0.2, -0.15) is 0 Å². The van der Waals surface area contributed by atoms with E-state index in [4.69, 9.17) is 0 Å². The molecule has 78 valence electrons. The molecule has 1 aromatic carbocycles. The summed E-state index contributed by atoms with van der Waals surface area (Å²) >= 11 is 0. The first-order valence-corrected chi connectivity index (χ1v) is 4.97. The molecule has 0 amide bonds. The lowest BCUT2D eigenvalue weighted by Gasteiger charge is -2.10. The molecule has 0 spiro atoms. The number of aromatic amines is 1. The topological polar surface area (TPSA) is 62.3 Å². The minimum absolute atomic E-state index is 0.0385. The summed E-state index contributed by atoms with van der Waals surface area (Å²) in [5.74, 6) is 0.0385. The van der Waals surface area contributed by atoms with Crippen molar-refractivity contribution in [3.05, 3.63) is 40.2 Å². The third kappa shape index (κ3) is 1.13. The summed E-state index contributed by atoms with van der Waals surface area (Å²) in [5.41, 5.74) is 1.72. The number of aromatic nitrogens is 1. The van der Waals surface area contributed by atoms with Crippen LogP contribution in [0.5, 0.6) is 0 Å². The molecule has 3 rings (SSSR count). The lowest BCUT2D eigenvalue weighted by atomic mass is 10.0. The third-order valence-electron chi connectivity index (χ3n) is 2.70. The van der Waals surface area contributed by atoms with Gasteiger partial charge < -0.3 is 4.98 Å². The van der Waals surface area contributed by atoms with Gasteiger partial charge in [-0.05, 0) is 12.1 Å². The number of carbonyl (C=O) groups excluding carboxylic acids is 1. The van der Waals surface area contributed by atoms with Crippen molar-refractivity contribution in [2.75, 3.05) is 0 Å². The number of rotatable bonds is 0. The largest absolute Gasteiger partial charge is 0.359 e. The molecule has 16 heavy (non-hydrogen) atoms. The fourth-order valence-electron chi connectivity index (χ4n) is 1.92. The first-order chi connectivity index (χ1) is 7.77. The van der Waals surface area contributed by atoms with Crippen molar-refractivity contribution < 1.29 is 4.79 Å². The summed E-state index contributed by atoms with van der Waals surface area (Å²) in [6.07, 6.45) is 3.48. The number of aliphatic imine (C=N–C) groups is 1. The van der Waals surface area contributed by atoms with Crippen molar-refractivity contribution in [1.29, 1.82) is 0 Å². The molecule has 4 heteroatoms. The molecule has 0 saturated heterocycles. The predicted molar refractivity (Wildman–Crippen MR) is 61.7 cm³/mol. The van der Waals surface area contributed by atoms with Gasteiger partial charge in [0.15, 0.2) is 11.2 Å². The number of fused-ring (bicyclic) bond motifs is 3. The molecule has 1 aliphatic rings. The molecule has 0 saturated carbocycles. The van der Waals surface area contributed by atoms with Crippen molar-refractivity contribution in [1.82, 2.24) is 4.98 Å². The van der Waals surface area contributed by atoms with Crippen LogP contribution in [0.4, 0.5) is 5.69 Å². The molecular formula is C12H8N2O2. The highest BCUT2D eigenvalue weighted by molar-refractivity contribution is 6.14. The Morgan fingerprint density at radius 1 is 1.19 bits per heavy atom. The number of Topliss-reactive ketones (excluding diaryl/α,β-unsaturated/α-hetero) is 1. The molecule has 1 N–H and O–H groups in total. The number of pyridine rings is 1. The van der Waals surface area contributed by atoms with Crippen LogP contribution in [0.1, 0.15) is 16.8 Å². The number of benzene rings is 1. The Morgan fingerprint density at radius 3 is 2.94 bits per heavy atom. The zero-order valence-corrected chi connectivity index (χ0v) is 8.36. The normalized spacial score (nSPS) is 14.1. The summed E-state index contributed by atoms with van der Waals surface area (Å²) in [6, 6.07) is 4.81. The van der Waals surface area contributed by atoms with E-state index in [0.717, 1.165) is 0 Å². The van der Waals surface area contributed by atoms with E-state index in [1.165, 1.54) is 6.07 Å². The van der Waals surface area contributed by atoms with Crippen LogP contribution in [0.25, 0.3) is 10.9 Å². The molecule has 0 fully saturated rings. The van der Waals surface area contributed by atoms with E-state index in [2.05, 4.69) is 9.98 Å². The van der Waals surface area contributed by atoms with E-state index < -0.39 is 0 Å². The minimum Gasteiger partial charge on any atom is -0.359 e. The van der Waals surface area contributed by atoms with Gasteiger partial charge in [-0.25, -0.2) is 0 Å². The Labute approximate surface area is 90.6 Å². The molecule has 0 radical (unpaired) electrons. The first kappa shape index (κ1) is 9.03. The number of H-pyrrole nitrogens is 1. The second kappa shape index (κ2) is 3.13. The fourth-order valence-corrected chi connectivity index (χ4v) is 1.92. The summed E-state index contributed by atoms with van der Waals surface area (Å²) < 4.78 is 0. The van der Waals surface area contributed by atoms with Gasteiger partial charge in [-0.15, -0.1) is 0 Å². The molecule has 0 aliphatic carbocycles. The van der Waals surface area contributed by atoms with Gasteiger partial charge in [0.2, 0.25) is 0 Å². The van der Waals surface area contributed by atoms with Gasteiger partial charge in [0.1, 0.15) is 0 Å². The number of hydrogen-bond donors (Lipinski definition) is 1. The summed E-state index contributed by atoms with van der Waals surface area (Å²) in [4.78, 5) is 30.4. The van der Waals surface area contributed by atoms with E-state index in [0.29, 0.717) is 28.6 Å². The van der Waals surface area contributed by atoms with E-state index in [9.17, 15) is 9.59 Å². The van der Waals surface area contributed by atoms with Crippen LogP contribution in [0, 0.1) is 0 Å². The highest BCUT2D eigenvalue weighted by Gasteiger charge is 2.17. The lowest BCUT2D eigenvalue weighted by molar-refractivity contribution is 0.100. The van der Waals surface area contributed by atoms with Crippen molar-refractivity contribution in [3.63, 3.8) is 0 Å². The molecule has 0 unspecified atom stereocenters. The molecule has 0 bridgehead atoms. The van der Waals surface area contributed by atoms with Crippen molar-refractivity contribution >= 4 is 28.6 Å². The van der Waals surface area contributed by atoms with E-state index in [1.54, 1.807) is 24.5 Å². The van der Waals surface area contributed by atoms with Crippen LogP contribution in [0.2, 0.25) is 0 Å². The van der Waals surface area contributed by atoms with Crippen LogP contribution >= 0.6 is 0 Å². The van der Waals surface area contributed by atoms with Crippen molar-refractivity contribution in [2.24, 2.45) is 4.99 Å². The molecule has 2 heterocycles. The second-order valence-corrected chi connectivity index (χ2v) is 3.67. The fraction of sp³-hybridized carbons (Fsp3) is 0.0833. The van der Waals surface area contributed by atoms with Gasteiger partial charge in [0, 0.05) is 35.8 Å². The molecule has 2 aromatic rings. The summed E-state index contributed by atoms with van der Waals surface area (Å²) in [5, 5.41) is 0.563. The quantitative estimate of drug-likeness (QED) is 0.723. The average molecular weight is 212 g/mol. The zero-order chi connectivity index (χ0) is 11.1. The number of hydrogen-bond acceptors (Lipinski definition) is 3. The maximum Gasteiger partial charge on any atom is 0.189 e. The highest BCUT2D eigenvalue weighted by atomic mass is 16.1. The maximum absolute atomic E-state index is 11.6. The smallest absolute Gasteiger partial charge is 0.189 e. The van der Waals surface area contributed by atoms with Crippen LogP contribution in [0.3, 0.4) is 0 Å². The highest BCUT2D eigenvalue weighted by Crippen LogP contribution is 2.29. The van der Waals surface area contributed by atoms with Crippen LogP contribution in [-0.4, -0.2) is 17.0 Å². The molecule has 1 aliphatic heterocycles. The molecule has 1 aromatic heterocycles. The van der Waals surface area contributed by atoms with Crippen molar-refractivity contribution in [2.45, 2.75) is 6.42 Å². The second-order valence-electron chi connectivity index (χ2n) is 3.67. The summed E-state index contributed by atoms with van der Waals surface area (Å²) in [6.45, 7) is 0. The number of ketones is 1. The number of nitrogens with zero attached hydrogens (tertiary/aromatic N) is 1. The predicted octanol–water partition coefficient (Wildman–Crippen LogP) is 1.82. The lowest BCUT2D eigenvalue weighted by Crippen LogP contribution is -2.07. The van der Waals surface area contributed by atoms with E-state index in [-0.39, 0.29) is 11.2 Å². The van der Waals surface area contributed by atoms with Gasteiger partial charge >= 0.3 is 0 Å². The SMILES string of the molecule is O=C1CC=Nc2c1ccc1c(=O)cc[nH]c21. The maximum atomic E-state index is 11.6. The molecule has 0 atom stereocenters. The monoisotopic (exact) mass is 212 g/mol. The average Bonchev–Trinajstić information content (AvgIpc) is 2.30. The summed E-state index contributed by atoms with van der Waals surface area (Å²) in [7, 11) is 0. The Morgan fingerprint density at radius 2 is 2.06 bits per heavy atom. The Kier molecular flexibility index (Phi) is 1.77. The first-order valence-electron chi connectivity index (χ1n) is 4.97. The van der Waals surface area contributed by atoms with Gasteiger partial charge in [-0.1, -0.05) is 0 Å². The Balaban J connectivity index is 2.51. The zero-order valence-electron chi connectivity index (χ0n) is 8.36. The van der Waals surface area contributed by atoms with E-state index >= 15 is 0 Å². The van der Waals surface area contributed by atoms with Crippen LogP contribution in [-0.2, 0) is 0 Å². The number of nitrogens with one attached hydrogen (secondary N) is 1. The molecular weight excluding hydrogens is 204 g/mol. The Hall–Kier alpha value is -2.23. The van der Waals surface area contributed by atoms with Gasteiger partial charge in [0.25, 0.3) is 0 Å². The molecule has 4 nitrogen and oxygen atoms in total. The number of carbonyl (C=O) groups is 1. The van der Waals surface area contributed by atoms with Gasteiger partial charge in [0.05, 0.1) is 11.2 Å². The third-order valence-corrected chi connectivity index (χ3v) is 2.70. The van der Waals surface area contributed by atoms with Crippen LogP contribution in [0.15, 0.2) is 34.2 Å². The standard InChI is InChI=1S/C12H8N2O2/c15-9-3-5-13-11-7(9)1-2-8-10(16)4-6-14-12(8)11/h1-3,5-6H,4H2,(H,13,15). The van der Waals surface area contributed by atoms with Crippen LogP contribution < -0.4 is 5.43 Å². The Bertz CT molecular complexity index is 683. The minimum atomic E-state index is -0.0650. The van der Waals surface area contributed by atoms with E-state index in [1.807, 2.05) is 0 Å². The van der Waals surface area contributed by atoms with Crippen molar-refractivity contribution in [3.8, 4) is 0 Å².